The normalized spacial score (nSPS) is 7.60. The number of carboxylic acids is 2. The molecule has 0 spiro atoms. The predicted octanol–water partition coefficient (Wildman–Crippen LogP) is -0.105. The van der Waals surface area contributed by atoms with Crippen LogP contribution in [-0.2, 0) is 9.59 Å². The van der Waals surface area contributed by atoms with E-state index in [1.165, 1.54) is 0 Å². The van der Waals surface area contributed by atoms with Crippen LogP contribution in [0.4, 0.5) is 0 Å². The largest absolute Gasteiger partial charge is 0.477 e. The maximum atomic E-state index is 10.0. The molecule has 4 nitrogen and oxygen atoms in total. The molecule has 0 saturated heterocycles. The summed E-state index contributed by atoms with van der Waals surface area (Å²) in [4.78, 5) is 19.3. The van der Waals surface area contributed by atoms with E-state index in [4.69, 9.17) is 10.2 Å². The summed E-state index contributed by atoms with van der Waals surface area (Å²) in [7, 11) is 0.375. The third kappa shape index (κ3) is 2.54. The van der Waals surface area contributed by atoms with Crippen molar-refractivity contribution in [3.8, 4) is 0 Å². The molecule has 2 N–H and O–H groups in total. The standard InChI is InChI=1S/C4H2O4S2/c5-3(6)2(4(7)8)10-1-9/h(H,5,6)(H,7,8). The number of aliphatic carboxylic acids is 2. The fraction of sp³-hybridized carbons (Fsp3) is 0. The molecular weight excluding hydrogens is 176 g/mol. The van der Waals surface area contributed by atoms with Gasteiger partial charge in [-0.1, -0.05) is 10.9 Å². The van der Waals surface area contributed by atoms with Crippen LogP contribution in [0.1, 0.15) is 0 Å². The van der Waals surface area contributed by atoms with Crippen molar-refractivity contribution in [3.05, 3.63) is 0 Å². The molecule has 0 aliphatic carbocycles. The van der Waals surface area contributed by atoms with Crippen LogP contribution in [0.15, 0.2) is 0 Å². The first-order valence-electron chi connectivity index (χ1n) is 1.97. The number of thiocarbonyl (C=S) groups is 1. The summed E-state index contributed by atoms with van der Waals surface area (Å²) in [6.45, 7) is 0. The maximum Gasteiger partial charge on any atom is 0.354 e. The van der Waals surface area contributed by atoms with Gasteiger partial charge in [0.1, 0.15) is 0 Å². The molecule has 6 heteroatoms. The second-order valence-corrected chi connectivity index (χ2v) is 2.40. The SMILES string of the molecule is O=C(O)C(=S=C=S)C(=O)O. The van der Waals surface area contributed by atoms with Gasteiger partial charge in [0, 0.05) is 4.31 Å². The summed E-state index contributed by atoms with van der Waals surface area (Å²) in [5, 5.41) is 16.3. The Labute approximate surface area is 64.6 Å². The van der Waals surface area contributed by atoms with E-state index in [1.807, 2.05) is 4.31 Å². The Morgan fingerprint density at radius 2 is 1.70 bits per heavy atom. The maximum absolute atomic E-state index is 10.0. The number of carbonyl (C=O) groups is 2. The molecule has 0 unspecified atom stereocenters. The first kappa shape index (κ1) is 9.03. The molecule has 0 aromatic rings. The molecule has 0 heterocycles. The lowest BCUT2D eigenvalue weighted by Crippen LogP contribution is -2.20. The molecule has 0 aromatic carbocycles. The van der Waals surface area contributed by atoms with E-state index in [-0.39, 0.29) is 0 Å². The molecule has 0 aromatic heterocycles. The highest BCUT2D eigenvalue weighted by molar-refractivity contribution is 8.06. The van der Waals surface area contributed by atoms with Crippen molar-refractivity contribution < 1.29 is 19.8 Å². The molecule has 0 saturated carbocycles. The Hall–Kier alpha value is -0.970. The molecule has 0 fully saturated rings. The third-order valence-corrected chi connectivity index (χ3v) is 1.42. The monoisotopic (exact) mass is 178 g/mol. The van der Waals surface area contributed by atoms with E-state index in [2.05, 4.69) is 12.2 Å². The molecule has 0 aliphatic rings. The molecule has 0 radical (unpaired) electrons. The van der Waals surface area contributed by atoms with E-state index in [0.29, 0.717) is 10.9 Å². The lowest BCUT2D eigenvalue weighted by Gasteiger charge is -1.85. The molecule has 54 valence electrons. The van der Waals surface area contributed by atoms with E-state index in [1.54, 1.807) is 0 Å². The summed E-state index contributed by atoms with van der Waals surface area (Å²) in [5.41, 5.74) is 0. The third-order valence-electron chi connectivity index (χ3n) is 0.532. The minimum Gasteiger partial charge on any atom is -0.477 e. The zero-order valence-corrected chi connectivity index (χ0v) is 6.16. The van der Waals surface area contributed by atoms with E-state index in [0.717, 1.165) is 0 Å². The van der Waals surface area contributed by atoms with Gasteiger partial charge in [0.15, 0.2) is 0 Å². The van der Waals surface area contributed by atoms with Gasteiger partial charge in [0.25, 0.3) is 0 Å². The molecule has 0 bridgehead atoms. The molecule has 10 heavy (non-hydrogen) atoms. The molecule has 0 aliphatic heterocycles. The fourth-order valence-electron chi connectivity index (χ4n) is 0.220. The fourth-order valence-corrected chi connectivity index (χ4v) is 0.728. The predicted molar refractivity (Wildman–Crippen MR) is 40.5 cm³/mol. The summed E-state index contributed by atoms with van der Waals surface area (Å²) in [6, 6.07) is 0. The second-order valence-electron chi connectivity index (χ2n) is 1.12. The van der Waals surface area contributed by atoms with Crippen LogP contribution < -0.4 is 0 Å². The Balaban J connectivity index is 4.98. The lowest BCUT2D eigenvalue weighted by atomic mass is 10.4. The van der Waals surface area contributed by atoms with Crippen molar-refractivity contribution in [3.63, 3.8) is 0 Å². The van der Waals surface area contributed by atoms with Crippen LogP contribution in [0.25, 0.3) is 0 Å². The summed E-state index contributed by atoms with van der Waals surface area (Å²) >= 11 is 4.13. The Bertz CT molecular complexity index is 240. The topological polar surface area (TPSA) is 74.6 Å². The summed E-state index contributed by atoms with van der Waals surface area (Å²) in [5.74, 6) is -3.01. The van der Waals surface area contributed by atoms with Gasteiger partial charge in [0.05, 0.1) is 0 Å². The van der Waals surface area contributed by atoms with Crippen molar-refractivity contribution in [1.82, 2.24) is 0 Å². The first-order chi connectivity index (χ1) is 4.59. The Morgan fingerprint density at radius 3 is 1.80 bits per heavy atom. The van der Waals surface area contributed by atoms with Gasteiger partial charge in [0.2, 0.25) is 4.86 Å². The highest BCUT2D eigenvalue weighted by Gasteiger charge is 2.14. The van der Waals surface area contributed by atoms with Gasteiger partial charge in [-0.25, -0.2) is 9.59 Å². The minimum atomic E-state index is -1.50. The Morgan fingerprint density at radius 1 is 1.30 bits per heavy atom. The zero-order valence-electron chi connectivity index (χ0n) is 4.53. The van der Waals surface area contributed by atoms with Crippen LogP contribution in [-0.4, -0.2) is 31.3 Å². The average Bonchev–Trinajstić information content (AvgIpc) is 1.81. The van der Waals surface area contributed by atoms with Crippen LogP contribution in [0.3, 0.4) is 0 Å². The molecule has 0 rings (SSSR count). The average molecular weight is 178 g/mol. The number of rotatable bonds is 2. The van der Waals surface area contributed by atoms with Crippen molar-refractivity contribution in [1.29, 1.82) is 0 Å². The van der Waals surface area contributed by atoms with Crippen LogP contribution in [0.2, 0.25) is 0 Å². The summed E-state index contributed by atoms with van der Waals surface area (Å²) < 4.78 is 1.93. The molecule has 0 atom stereocenters. The number of hydrogen-bond donors (Lipinski definition) is 2. The highest BCUT2D eigenvalue weighted by Crippen LogP contribution is 1.80. The minimum absolute atomic E-state index is 0.375. The van der Waals surface area contributed by atoms with Crippen molar-refractivity contribution in [2.75, 3.05) is 0 Å². The first-order valence-corrected chi connectivity index (χ1v) is 3.19. The van der Waals surface area contributed by atoms with Crippen molar-refractivity contribution in [2.45, 2.75) is 0 Å². The van der Waals surface area contributed by atoms with E-state index < -0.39 is 16.8 Å². The van der Waals surface area contributed by atoms with Gasteiger partial charge in [-0.05, 0) is 12.2 Å². The number of carboxylic acid groups (broad SMARTS) is 2. The highest BCUT2D eigenvalue weighted by atomic mass is 32.1. The quantitative estimate of drug-likeness (QED) is 0.456. The van der Waals surface area contributed by atoms with Crippen molar-refractivity contribution >= 4 is 44.3 Å². The smallest absolute Gasteiger partial charge is 0.354 e. The zero-order chi connectivity index (χ0) is 8.15. The van der Waals surface area contributed by atoms with Gasteiger partial charge in [-0.15, -0.1) is 0 Å². The lowest BCUT2D eigenvalue weighted by molar-refractivity contribution is -0.133. The van der Waals surface area contributed by atoms with Gasteiger partial charge in [-0.3, -0.25) is 0 Å². The van der Waals surface area contributed by atoms with E-state index >= 15 is 0 Å². The Kier molecular flexibility index (Phi) is 3.56. The molecule has 0 amide bonds. The van der Waals surface area contributed by atoms with Crippen LogP contribution >= 0.6 is 23.2 Å². The van der Waals surface area contributed by atoms with Gasteiger partial charge in [-0.2, -0.15) is 0 Å². The summed E-state index contributed by atoms with van der Waals surface area (Å²) in [6.07, 6.45) is 0. The molecular formula is C4H2O4S2. The van der Waals surface area contributed by atoms with Gasteiger partial charge < -0.3 is 10.2 Å². The van der Waals surface area contributed by atoms with Crippen LogP contribution in [0, 0.1) is 0 Å². The van der Waals surface area contributed by atoms with Gasteiger partial charge >= 0.3 is 11.9 Å². The van der Waals surface area contributed by atoms with Crippen molar-refractivity contribution in [2.24, 2.45) is 0 Å². The second kappa shape index (κ2) is 3.94. The van der Waals surface area contributed by atoms with E-state index in [9.17, 15) is 9.59 Å². The van der Waals surface area contributed by atoms with Crippen LogP contribution in [0.5, 0.6) is 0 Å². The number of hydrogen-bond acceptors (Lipinski definition) is 3.